The Bertz CT molecular complexity index is 599. The van der Waals surface area contributed by atoms with Gasteiger partial charge in [0.25, 0.3) is 0 Å². The number of amides is 1. The number of pyridine rings is 1. The Hall–Kier alpha value is -1.49. The van der Waals surface area contributed by atoms with Gasteiger partial charge in [0.15, 0.2) is 5.75 Å². The summed E-state index contributed by atoms with van der Waals surface area (Å²) in [4.78, 5) is 20.7. The maximum Gasteiger partial charge on any atom is 0.304 e. The average Bonchev–Trinajstić information content (AvgIpc) is 2.38. The van der Waals surface area contributed by atoms with Crippen molar-refractivity contribution < 1.29 is 9.63 Å². The second-order valence-corrected chi connectivity index (χ2v) is 4.64. The van der Waals surface area contributed by atoms with Crippen LogP contribution in [0, 0.1) is 0 Å². The normalized spacial score (nSPS) is 10.1. The second-order valence-electron chi connectivity index (χ2n) is 3.42. The fourth-order valence-electron chi connectivity index (χ4n) is 1.28. The van der Waals surface area contributed by atoms with Crippen molar-refractivity contribution in [2.45, 2.75) is 0 Å². The summed E-state index contributed by atoms with van der Waals surface area (Å²) >= 11 is 17.6. The third-order valence-electron chi connectivity index (χ3n) is 2.14. The van der Waals surface area contributed by atoms with Gasteiger partial charge in [-0.1, -0.05) is 40.9 Å². The zero-order valence-corrected chi connectivity index (χ0v) is 11.6. The van der Waals surface area contributed by atoms with Crippen LogP contribution in [0.15, 0.2) is 36.5 Å². The summed E-state index contributed by atoms with van der Waals surface area (Å²) < 4.78 is 0. The molecular weight excluding hydrogens is 311 g/mol. The first-order valence-corrected chi connectivity index (χ1v) is 6.24. The van der Waals surface area contributed by atoms with Crippen LogP contribution >= 0.6 is 34.8 Å². The van der Waals surface area contributed by atoms with Gasteiger partial charge in [0, 0.05) is 6.20 Å². The maximum atomic E-state index is 11.8. The smallest absolute Gasteiger partial charge is 0.304 e. The Labute approximate surface area is 124 Å². The molecule has 19 heavy (non-hydrogen) atoms. The summed E-state index contributed by atoms with van der Waals surface area (Å²) in [6.45, 7) is 0. The van der Waals surface area contributed by atoms with Crippen LogP contribution in [0.5, 0.6) is 5.75 Å². The van der Waals surface area contributed by atoms with E-state index in [1.165, 1.54) is 6.20 Å². The Morgan fingerprint density at radius 1 is 1.05 bits per heavy atom. The molecule has 1 aromatic heterocycles. The second kappa shape index (κ2) is 6.10. The summed E-state index contributed by atoms with van der Waals surface area (Å²) in [7, 11) is 0. The number of nitrogens with one attached hydrogen (secondary N) is 1. The van der Waals surface area contributed by atoms with Gasteiger partial charge in [-0.3, -0.25) is 4.79 Å². The van der Waals surface area contributed by atoms with Gasteiger partial charge in [-0.2, -0.15) is 5.48 Å². The molecule has 1 heterocycles. The number of aromatic nitrogens is 1. The number of carbonyl (C=O) groups is 1. The molecular formula is C12H7Cl3N2O2. The van der Waals surface area contributed by atoms with Crippen molar-refractivity contribution in [2.24, 2.45) is 0 Å². The van der Waals surface area contributed by atoms with Gasteiger partial charge in [-0.15, -0.1) is 0 Å². The molecule has 0 bridgehead atoms. The number of rotatable bonds is 3. The van der Waals surface area contributed by atoms with Gasteiger partial charge in [0.1, 0.15) is 5.69 Å². The molecule has 2 rings (SSSR count). The predicted molar refractivity (Wildman–Crippen MR) is 73.8 cm³/mol. The minimum atomic E-state index is -0.596. The van der Waals surface area contributed by atoms with Crippen molar-refractivity contribution in [3.05, 3.63) is 57.3 Å². The molecule has 0 saturated heterocycles. The van der Waals surface area contributed by atoms with E-state index in [2.05, 4.69) is 10.5 Å². The number of hydrogen-bond acceptors (Lipinski definition) is 3. The number of hydrogen-bond donors (Lipinski definition) is 1. The van der Waals surface area contributed by atoms with E-state index in [1.54, 1.807) is 30.3 Å². The lowest BCUT2D eigenvalue weighted by molar-refractivity contribution is 0.0755. The number of para-hydroxylation sites is 1. The molecule has 1 aromatic carbocycles. The van der Waals surface area contributed by atoms with Gasteiger partial charge < -0.3 is 4.84 Å². The number of benzene rings is 1. The SMILES string of the molecule is O=C(NOc1c(Cl)cccc1Cl)c1ncccc1Cl. The molecule has 7 heteroatoms. The molecule has 0 atom stereocenters. The van der Waals surface area contributed by atoms with Gasteiger partial charge in [-0.05, 0) is 24.3 Å². The van der Waals surface area contributed by atoms with E-state index in [-0.39, 0.29) is 26.5 Å². The van der Waals surface area contributed by atoms with E-state index in [1.807, 2.05) is 0 Å². The first-order chi connectivity index (χ1) is 9.09. The standard InChI is InChI=1S/C12H7Cl3N2O2/c13-7-5-2-6-16-10(7)12(18)17-19-11-8(14)3-1-4-9(11)15/h1-6H,(H,17,18). The zero-order valence-electron chi connectivity index (χ0n) is 9.36. The minimum absolute atomic E-state index is 0.0485. The quantitative estimate of drug-likeness (QED) is 0.877. The highest BCUT2D eigenvalue weighted by Crippen LogP contribution is 2.31. The lowest BCUT2D eigenvalue weighted by Crippen LogP contribution is -2.28. The third kappa shape index (κ3) is 3.29. The van der Waals surface area contributed by atoms with Crippen LogP contribution in [0.25, 0.3) is 0 Å². The number of hydroxylamine groups is 1. The first-order valence-electron chi connectivity index (χ1n) is 5.11. The maximum absolute atomic E-state index is 11.8. The molecule has 0 saturated carbocycles. The fraction of sp³-hybridized carbons (Fsp3) is 0. The molecule has 1 amide bonds. The van der Waals surface area contributed by atoms with Crippen LogP contribution in [0.1, 0.15) is 10.5 Å². The molecule has 0 fully saturated rings. The van der Waals surface area contributed by atoms with Crippen LogP contribution in [0.2, 0.25) is 15.1 Å². The lowest BCUT2D eigenvalue weighted by Gasteiger charge is -2.09. The van der Waals surface area contributed by atoms with Crippen LogP contribution < -0.4 is 10.3 Å². The molecule has 0 radical (unpaired) electrons. The molecule has 0 aliphatic heterocycles. The van der Waals surface area contributed by atoms with Gasteiger partial charge in [-0.25, -0.2) is 4.98 Å². The van der Waals surface area contributed by atoms with E-state index < -0.39 is 5.91 Å². The minimum Gasteiger partial charge on any atom is -0.376 e. The van der Waals surface area contributed by atoms with Crippen molar-refractivity contribution >= 4 is 40.7 Å². The summed E-state index contributed by atoms with van der Waals surface area (Å²) in [6, 6.07) is 8.00. The Morgan fingerprint density at radius 2 is 1.68 bits per heavy atom. The topological polar surface area (TPSA) is 51.2 Å². The summed E-state index contributed by atoms with van der Waals surface area (Å²) in [6.07, 6.45) is 1.45. The largest absolute Gasteiger partial charge is 0.376 e. The van der Waals surface area contributed by atoms with E-state index in [4.69, 9.17) is 39.6 Å². The lowest BCUT2D eigenvalue weighted by atomic mass is 10.3. The predicted octanol–water partition coefficient (Wildman–Crippen LogP) is 3.77. The highest BCUT2D eigenvalue weighted by molar-refractivity contribution is 6.37. The van der Waals surface area contributed by atoms with E-state index in [0.29, 0.717) is 0 Å². The van der Waals surface area contributed by atoms with Crippen molar-refractivity contribution in [3.8, 4) is 5.75 Å². The van der Waals surface area contributed by atoms with Gasteiger partial charge >= 0.3 is 5.91 Å². The number of nitrogens with zero attached hydrogens (tertiary/aromatic N) is 1. The van der Waals surface area contributed by atoms with Gasteiger partial charge in [0.2, 0.25) is 0 Å². The summed E-state index contributed by atoms with van der Waals surface area (Å²) in [5.74, 6) is -0.437. The molecule has 2 aromatic rings. The van der Waals surface area contributed by atoms with Crippen LogP contribution in [0.4, 0.5) is 0 Å². The van der Waals surface area contributed by atoms with Crippen LogP contribution in [-0.2, 0) is 0 Å². The summed E-state index contributed by atoms with van der Waals surface area (Å²) in [5.41, 5.74) is 2.23. The molecule has 1 N–H and O–H groups in total. The van der Waals surface area contributed by atoms with E-state index in [0.717, 1.165) is 0 Å². The Morgan fingerprint density at radius 3 is 2.32 bits per heavy atom. The number of halogens is 3. The first kappa shape index (κ1) is 13.9. The van der Waals surface area contributed by atoms with E-state index >= 15 is 0 Å². The Balaban J connectivity index is 2.11. The molecule has 0 aliphatic carbocycles. The summed E-state index contributed by atoms with van der Waals surface area (Å²) in [5, 5.41) is 0.772. The molecule has 4 nitrogen and oxygen atoms in total. The fourth-order valence-corrected chi connectivity index (χ4v) is 1.96. The van der Waals surface area contributed by atoms with Crippen molar-refractivity contribution in [1.29, 1.82) is 0 Å². The Kier molecular flexibility index (Phi) is 4.47. The average molecular weight is 318 g/mol. The molecule has 0 spiro atoms. The van der Waals surface area contributed by atoms with Crippen molar-refractivity contribution in [1.82, 2.24) is 10.5 Å². The van der Waals surface area contributed by atoms with Crippen LogP contribution in [-0.4, -0.2) is 10.9 Å². The number of carbonyl (C=O) groups excluding carboxylic acids is 1. The van der Waals surface area contributed by atoms with Crippen molar-refractivity contribution in [3.63, 3.8) is 0 Å². The van der Waals surface area contributed by atoms with Crippen molar-refractivity contribution in [2.75, 3.05) is 0 Å². The molecule has 0 unspecified atom stereocenters. The molecule has 0 aliphatic rings. The van der Waals surface area contributed by atoms with Crippen LogP contribution in [0.3, 0.4) is 0 Å². The zero-order chi connectivity index (χ0) is 13.8. The van der Waals surface area contributed by atoms with E-state index in [9.17, 15) is 4.79 Å². The highest BCUT2D eigenvalue weighted by atomic mass is 35.5. The van der Waals surface area contributed by atoms with Gasteiger partial charge in [0.05, 0.1) is 15.1 Å². The third-order valence-corrected chi connectivity index (χ3v) is 3.04. The monoisotopic (exact) mass is 316 g/mol. The molecule has 98 valence electrons. The highest BCUT2D eigenvalue weighted by Gasteiger charge is 2.14.